The Balaban J connectivity index is 1.38. The van der Waals surface area contributed by atoms with E-state index in [0.717, 1.165) is 51.2 Å². The number of para-hydroxylation sites is 2. The van der Waals surface area contributed by atoms with Crippen molar-refractivity contribution in [2.75, 3.05) is 25.7 Å². The molecule has 1 aliphatic rings. The topological polar surface area (TPSA) is 124 Å². The molecule has 0 spiro atoms. The Kier molecular flexibility index (Phi) is 10.6. The Bertz CT molecular complexity index is 2150. The van der Waals surface area contributed by atoms with Gasteiger partial charge in [-0.1, -0.05) is 48.5 Å². The molecule has 4 aromatic carbocycles. The van der Waals surface area contributed by atoms with Crippen LogP contribution in [0.15, 0.2) is 119 Å². The number of rotatable bonds is 13. The van der Waals surface area contributed by atoms with Crippen LogP contribution < -0.4 is 24.2 Å². The molecule has 0 atom stereocenters. The van der Waals surface area contributed by atoms with E-state index in [-0.39, 0.29) is 4.90 Å². The molecule has 1 aromatic heterocycles. The minimum absolute atomic E-state index is 0.283. The van der Waals surface area contributed by atoms with Crippen LogP contribution in [0, 0.1) is 0 Å². The van der Waals surface area contributed by atoms with Gasteiger partial charge in [-0.3, -0.25) is 5.04 Å². The average Bonchev–Trinajstić information content (AvgIpc) is 3.12. The van der Waals surface area contributed by atoms with Crippen LogP contribution in [-0.4, -0.2) is 33.7 Å². The number of aryl methyl sites for hydroxylation is 2. The van der Waals surface area contributed by atoms with Crippen molar-refractivity contribution in [3.05, 3.63) is 131 Å². The quantitative estimate of drug-likeness (QED) is 0.0502. The van der Waals surface area contributed by atoms with E-state index in [0.29, 0.717) is 47.9 Å². The van der Waals surface area contributed by atoms with Crippen molar-refractivity contribution < 1.29 is 41.6 Å². The second kappa shape index (κ2) is 15.2. The Morgan fingerprint density at radius 2 is 1.57 bits per heavy atom. The van der Waals surface area contributed by atoms with E-state index in [2.05, 4.69) is 55.3 Å². The average molecular weight is 698 g/mol. The summed E-state index contributed by atoms with van der Waals surface area (Å²) in [6.45, 7) is 0.999. The van der Waals surface area contributed by atoms with Gasteiger partial charge in [-0.15, -0.1) is 0 Å². The van der Waals surface area contributed by atoms with Gasteiger partial charge in [0.05, 0.1) is 31.2 Å². The fourth-order valence-electron chi connectivity index (χ4n) is 6.02. The number of hydrogen-bond acceptors (Lipinski definition) is 10. The second-order valence-corrected chi connectivity index (χ2v) is 13.3. The lowest BCUT2D eigenvalue weighted by Gasteiger charge is -2.30. The van der Waals surface area contributed by atoms with Crippen molar-refractivity contribution in [3.63, 3.8) is 0 Å². The SMILES string of the molecule is COc1ccc(CCN2C(=Cc3ccc4ccccc4[n+]3CCc3ccc(OC)cc3S(=O)(=O)[O-])C=Cc3ccccc32)c(SOO[O-])c1. The maximum absolute atomic E-state index is 12.2. The summed E-state index contributed by atoms with van der Waals surface area (Å²) in [5.41, 5.74) is 6.27. The van der Waals surface area contributed by atoms with Gasteiger partial charge in [0, 0.05) is 52.8 Å². The number of hydrogen-bond donors (Lipinski definition) is 0. The third-order valence-electron chi connectivity index (χ3n) is 8.42. The van der Waals surface area contributed by atoms with E-state index in [1.807, 2.05) is 54.6 Å². The summed E-state index contributed by atoms with van der Waals surface area (Å²) in [4.78, 5) is 2.66. The van der Waals surface area contributed by atoms with E-state index >= 15 is 0 Å². The lowest BCUT2D eigenvalue weighted by Crippen LogP contribution is -2.39. The fraction of sp³-hybridized carbons (Fsp3) is 0.162. The van der Waals surface area contributed by atoms with Crippen LogP contribution in [0.1, 0.15) is 22.4 Å². The Morgan fingerprint density at radius 3 is 2.35 bits per heavy atom. The van der Waals surface area contributed by atoms with Crippen LogP contribution >= 0.6 is 12.0 Å². The molecule has 0 radical (unpaired) electrons. The molecular weight excluding hydrogens is 665 g/mol. The molecular formula is C37H33N2O8S2-. The zero-order valence-corrected chi connectivity index (χ0v) is 28.4. The molecule has 0 aliphatic carbocycles. The highest BCUT2D eigenvalue weighted by Crippen LogP contribution is 2.34. The van der Waals surface area contributed by atoms with E-state index in [1.54, 1.807) is 25.3 Å². The minimum atomic E-state index is -4.73. The summed E-state index contributed by atoms with van der Waals surface area (Å²) in [6, 6.07) is 30.4. The first kappa shape index (κ1) is 34.2. The number of anilines is 1. The van der Waals surface area contributed by atoms with Crippen molar-refractivity contribution in [1.82, 2.24) is 0 Å². The predicted octanol–water partition coefficient (Wildman–Crippen LogP) is 5.64. The fourth-order valence-corrected chi connectivity index (χ4v) is 7.32. The number of fused-ring (bicyclic) bond motifs is 2. The maximum atomic E-state index is 12.2. The van der Waals surface area contributed by atoms with Crippen molar-refractivity contribution >= 4 is 50.9 Å². The van der Waals surface area contributed by atoms with Gasteiger partial charge >= 0.3 is 0 Å². The summed E-state index contributed by atoms with van der Waals surface area (Å²) >= 11 is 0.834. The molecule has 0 fully saturated rings. The molecule has 252 valence electrons. The Hall–Kier alpha value is -4.69. The van der Waals surface area contributed by atoms with Crippen LogP contribution in [0.25, 0.3) is 23.1 Å². The third kappa shape index (κ3) is 7.81. The number of allylic oxidation sites excluding steroid dienone is 1. The first-order valence-electron chi connectivity index (χ1n) is 15.4. The lowest BCUT2D eigenvalue weighted by molar-refractivity contribution is -0.777. The number of methoxy groups -OCH3 is 2. The Morgan fingerprint density at radius 1 is 0.837 bits per heavy atom. The van der Waals surface area contributed by atoms with Crippen molar-refractivity contribution in [2.45, 2.75) is 29.2 Å². The molecule has 0 N–H and O–H groups in total. The number of benzene rings is 4. The number of aromatic nitrogens is 1. The van der Waals surface area contributed by atoms with Crippen LogP contribution in [-0.2, 0) is 38.9 Å². The molecule has 2 heterocycles. The van der Waals surface area contributed by atoms with Gasteiger partial charge in [0.1, 0.15) is 21.6 Å². The molecule has 0 saturated carbocycles. The van der Waals surface area contributed by atoms with Crippen molar-refractivity contribution in [2.24, 2.45) is 0 Å². The van der Waals surface area contributed by atoms with E-state index in [1.165, 1.54) is 13.2 Å². The molecule has 49 heavy (non-hydrogen) atoms. The van der Waals surface area contributed by atoms with E-state index in [9.17, 15) is 18.2 Å². The van der Waals surface area contributed by atoms with Crippen LogP contribution in [0.3, 0.4) is 0 Å². The molecule has 0 saturated heterocycles. The summed E-state index contributed by atoms with van der Waals surface area (Å²) in [5.74, 6) is 0.931. The van der Waals surface area contributed by atoms with Crippen LogP contribution in [0.4, 0.5) is 5.69 Å². The molecule has 12 heteroatoms. The highest BCUT2D eigenvalue weighted by atomic mass is 32.2. The van der Waals surface area contributed by atoms with Crippen LogP contribution in [0.5, 0.6) is 11.5 Å². The maximum Gasteiger partial charge on any atom is 0.212 e. The molecule has 0 amide bonds. The minimum Gasteiger partial charge on any atom is -0.744 e. The van der Waals surface area contributed by atoms with Gasteiger partial charge in [-0.2, -0.15) is 8.90 Å². The van der Waals surface area contributed by atoms with E-state index in [4.69, 9.17) is 9.47 Å². The first-order valence-corrected chi connectivity index (χ1v) is 17.5. The normalized spacial score (nSPS) is 13.6. The van der Waals surface area contributed by atoms with Crippen molar-refractivity contribution in [3.8, 4) is 11.5 Å². The van der Waals surface area contributed by atoms with Gasteiger partial charge in [-0.05, 0) is 71.7 Å². The highest BCUT2D eigenvalue weighted by Gasteiger charge is 2.22. The predicted molar refractivity (Wildman–Crippen MR) is 184 cm³/mol. The molecule has 0 bridgehead atoms. The number of ether oxygens (including phenoxy) is 2. The molecule has 10 nitrogen and oxygen atoms in total. The molecule has 0 unspecified atom stereocenters. The first-order chi connectivity index (χ1) is 23.8. The number of nitrogens with zero attached hydrogens (tertiary/aromatic N) is 2. The zero-order chi connectivity index (χ0) is 34.4. The van der Waals surface area contributed by atoms with Gasteiger partial charge in [-0.25, -0.2) is 8.42 Å². The zero-order valence-electron chi connectivity index (χ0n) is 26.8. The number of pyridine rings is 1. The van der Waals surface area contributed by atoms with Gasteiger partial charge in [0.25, 0.3) is 0 Å². The van der Waals surface area contributed by atoms with Gasteiger partial charge in [0.2, 0.25) is 11.2 Å². The summed E-state index contributed by atoms with van der Waals surface area (Å²) in [5, 5.41) is 15.2. The molecule has 5 aromatic rings. The summed E-state index contributed by atoms with van der Waals surface area (Å²) < 4.78 is 54.0. The summed E-state index contributed by atoms with van der Waals surface area (Å²) in [6.07, 6.45) is 7.17. The molecule has 1 aliphatic heterocycles. The van der Waals surface area contributed by atoms with Gasteiger partial charge < -0.3 is 24.2 Å². The largest absolute Gasteiger partial charge is 0.744 e. The monoisotopic (exact) mass is 697 g/mol. The smallest absolute Gasteiger partial charge is 0.212 e. The van der Waals surface area contributed by atoms with E-state index < -0.39 is 10.1 Å². The van der Waals surface area contributed by atoms with Crippen molar-refractivity contribution in [1.29, 1.82) is 0 Å². The van der Waals surface area contributed by atoms with Gasteiger partial charge in [0.15, 0.2) is 6.54 Å². The van der Waals surface area contributed by atoms with Crippen LogP contribution in [0.2, 0.25) is 0 Å². The summed E-state index contributed by atoms with van der Waals surface area (Å²) in [7, 11) is -1.73. The highest BCUT2D eigenvalue weighted by molar-refractivity contribution is 7.94. The second-order valence-electron chi connectivity index (χ2n) is 11.2. The standard InChI is InChI=1S/C37H34N2O8S2/c1-44-32-17-13-28(36(24-32)48-47-46-40)19-21-38-30(15-11-26-7-3-5-9-34(26)38)23-31-16-12-27-8-4-6-10-35(27)39(31)22-20-29-14-18-33(45-2)25-37(29)49(41,42)43/h3-18,23-25H,19-22H2,1-2H3,(H-,40,41,42,43)/p-1. The third-order valence-corrected chi connectivity index (χ3v) is 10.0. The molecule has 6 rings (SSSR count). The lowest BCUT2D eigenvalue weighted by atomic mass is 10.0. The Labute approximate surface area is 289 Å².